The minimum absolute atomic E-state index is 0.293. The number of aromatic nitrogens is 2. The molecule has 1 aliphatic heterocycles. The molecule has 1 saturated heterocycles. The number of aliphatic hydroxyl groups is 2. The van der Waals surface area contributed by atoms with Crippen molar-refractivity contribution in [1.29, 1.82) is 0 Å². The summed E-state index contributed by atoms with van der Waals surface area (Å²) >= 11 is 12.8. The Morgan fingerprint density at radius 1 is 1.11 bits per heavy atom. The monoisotopic (exact) mass is 526 g/mol. The van der Waals surface area contributed by atoms with E-state index in [1.165, 1.54) is 0 Å². The summed E-state index contributed by atoms with van der Waals surface area (Å²) in [7, 11) is 0. The molecule has 0 amide bonds. The van der Waals surface area contributed by atoms with E-state index in [1.54, 1.807) is 19.9 Å². The Hall–Kier alpha value is -2.06. The van der Waals surface area contributed by atoms with Crippen molar-refractivity contribution < 1.29 is 10.2 Å². The number of piperidine rings is 1. The van der Waals surface area contributed by atoms with Crippen LogP contribution in [0.2, 0.25) is 10.0 Å². The Morgan fingerprint density at radius 2 is 1.83 bits per heavy atom. The SMILES string of the molecule is Cc1nc([C@@]2(N)c3cc(C(C)(C)O)ccc3CC23CCNCC3)c(CO)nc1-c1cccc(Cl)c1Cl. The van der Waals surface area contributed by atoms with Crippen LogP contribution in [0.15, 0.2) is 36.4 Å². The molecule has 8 heteroatoms. The maximum Gasteiger partial charge on any atom is 0.0934 e. The summed E-state index contributed by atoms with van der Waals surface area (Å²) in [5.74, 6) is 0. The lowest BCUT2D eigenvalue weighted by Crippen LogP contribution is -2.56. The highest BCUT2D eigenvalue weighted by atomic mass is 35.5. The maximum absolute atomic E-state index is 10.8. The van der Waals surface area contributed by atoms with E-state index in [1.807, 2.05) is 31.2 Å². The van der Waals surface area contributed by atoms with Crippen molar-refractivity contribution in [3.05, 3.63) is 80.2 Å². The van der Waals surface area contributed by atoms with E-state index < -0.39 is 11.1 Å². The normalized spacial score (nSPS) is 21.1. The van der Waals surface area contributed by atoms with Crippen LogP contribution in [0.25, 0.3) is 11.3 Å². The average molecular weight is 527 g/mol. The molecule has 1 aromatic heterocycles. The molecule has 5 rings (SSSR count). The van der Waals surface area contributed by atoms with Gasteiger partial charge >= 0.3 is 0 Å². The van der Waals surface area contributed by atoms with Crippen LogP contribution in [0.4, 0.5) is 0 Å². The zero-order chi connectivity index (χ0) is 25.9. The maximum atomic E-state index is 10.8. The van der Waals surface area contributed by atoms with E-state index in [0.29, 0.717) is 38.4 Å². The number of aliphatic hydroxyl groups excluding tert-OH is 1. The summed E-state index contributed by atoms with van der Waals surface area (Å²) in [4.78, 5) is 9.93. The molecular formula is C28H32Cl2N4O2. The summed E-state index contributed by atoms with van der Waals surface area (Å²) in [6, 6.07) is 11.5. The van der Waals surface area contributed by atoms with Crippen LogP contribution in [0.3, 0.4) is 0 Å². The van der Waals surface area contributed by atoms with Crippen LogP contribution in [-0.4, -0.2) is 33.3 Å². The second-order valence-corrected chi connectivity index (χ2v) is 11.4. The van der Waals surface area contributed by atoms with Crippen LogP contribution in [0.1, 0.15) is 60.5 Å². The van der Waals surface area contributed by atoms with Crippen LogP contribution in [0.5, 0.6) is 0 Å². The van der Waals surface area contributed by atoms with Gasteiger partial charge in [0.05, 0.1) is 50.6 Å². The van der Waals surface area contributed by atoms with Crippen molar-refractivity contribution in [1.82, 2.24) is 15.3 Å². The van der Waals surface area contributed by atoms with Gasteiger partial charge in [-0.1, -0.05) is 53.5 Å². The number of halogens is 2. The van der Waals surface area contributed by atoms with Crippen molar-refractivity contribution in [2.24, 2.45) is 11.1 Å². The first-order valence-corrected chi connectivity index (χ1v) is 13.1. The van der Waals surface area contributed by atoms with Gasteiger partial charge in [-0.3, -0.25) is 4.98 Å². The Kier molecular flexibility index (Phi) is 6.43. The lowest BCUT2D eigenvalue weighted by Gasteiger charge is -2.47. The number of benzene rings is 2. The number of aryl methyl sites for hydroxylation is 1. The molecule has 36 heavy (non-hydrogen) atoms. The number of nitrogens with zero attached hydrogens (tertiary/aromatic N) is 2. The van der Waals surface area contributed by atoms with Gasteiger partial charge in [-0.25, -0.2) is 4.98 Å². The van der Waals surface area contributed by atoms with Gasteiger partial charge < -0.3 is 21.3 Å². The Labute approximate surface area is 221 Å². The second kappa shape index (κ2) is 9.05. The Balaban J connectivity index is 1.77. The first-order valence-electron chi connectivity index (χ1n) is 12.3. The zero-order valence-corrected chi connectivity index (χ0v) is 22.3. The predicted molar refractivity (Wildman–Crippen MR) is 143 cm³/mol. The third kappa shape index (κ3) is 3.87. The summed E-state index contributed by atoms with van der Waals surface area (Å²) in [6.45, 7) is 6.81. The molecule has 0 radical (unpaired) electrons. The molecule has 1 aliphatic carbocycles. The van der Waals surface area contributed by atoms with Crippen molar-refractivity contribution in [2.45, 2.75) is 57.8 Å². The molecule has 5 N–H and O–H groups in total. The quantitative estimate of drug-likeness (QED) is 0.395. The number of hydrogen-bond donors (Lipinski definition) is 4. The fourth-order valence-electron chi connectivity index (χ4n) is 6.04. The molecule has 0 saturated carbocycles. The molecular weight excluding hydrogens is 495 g/mol. The van der Waals surface area contributed by atoms with Gasteiger partial charge in [0.2, 0.25) is 0 Å². The van der Waals surface area contributed by atoms with Crippen LogP contribution in [0, 0.1) is 12.3 Å². The van der Waals surface area contributed by atoms with Crippen LogP contribution in [-0.2, 0) is 24.2 Å². The van der Waals surface area contributed by atoms with E-state index >= 15 is 0 Å². The van der Waals surface area contributed by atoms with Gasteiger partial charge in [-0.15, -0.1) is 0 Å². The predicted octanol–water partition coefficient (Wildman–Crippen LogP) is 4.61. The fraction of sp³-hybridized carbons (Fsp3) is 0.429. The summed E-state index contributed by atoms with van der Waals surface area (Å²) in [5, 5.41) is 25.6. The first kappa shape index (κ1) is 25.6. The first-order chi connectivity index (χ1) is 17.0. The van der Waals surface area contributed by atoms with E-state index in [9.17, 15) is 10.2 Å². The highest BCUT2D eigenvalue weighted by Gasteiger charge is 2.58. The molecule has 6 nitrogen and oxygen atoms in total. The molecule has 190 valence electrons. The summed E-state index contributed by atoms with van der Waals surface area (Å²) in [6.07, 6.45) is 2.53. The van der Waals surface area contributed by atoms with Gasteiger partial charge in [0.15, 0.2) is 0 Å². The number of nitrogens with two attached hydrogens (primary N) is 1. The highest BCUT2D eigenvalue weighted by molar-refractivity contribution is 6.43. The molecule has 1 atom stereocenters. The minimum Gasteiger partial charge on any atom is -0.390 e. The largest absolute Gasteiger partial charge is 0.390 e. The molecule has 0 bridgehead atoms. The number of nitrogens with one attached hydrogen (secondary N) is 1. The van der Waals surface area contributed by atoms with Gasteiger partial charge in [0.1, 0.15) is 0 Å². The summed E-state index contributed by atoms with van der Waals surface area (Å²) in [5.41, 5.74) is 11.0. The molecule has 3 aromatic rings. The standard InChI is InChI=1S/C28H32Cl2N4O2/c1-16-24(19-5-4-6-21(29)23(19)30)34-22(15-35)25(33-16)28(31)20-13-18(26(2,3)36)8-7-17(20)14-27(28)9-11-32-12-10-27/h4-8,13,32,35-36H,9-12,14-15,31H2,1-3H3/t28-/m0/s1. The zero-order valence-electron chi connectivity index (χ0n) is 20.8. The lowest BCUT2D eigenvalue weighted by molar-refractivity contribution is 0.0780. The van der Waals surface area contributed by atoms with E-state index in [0.717, 1.165) is 49.0 Å². The lowest BCUT2D eigenvalue weighted by atomic mass is 9.63. The molecule has 2 heterocycles. The van der Waals surface area contributed by atoms with Gasteiger partial charge in [-0.2, -0.15) is 0 Å². The van der Waals surface area contributed by atoms with Crippen molar-refractivity contribution >= 4 is 23.2 Å². The average Bonchev–Trinajstić information content (AvgIpc) is 3.08. The van der Waals surface area contributed by atoms with Crippen molar-refractivity contribution in [3.8, 4) is 11.3 Å². The van der Waals surface area contributed by atoms with E-state index in [4.69, 9.17) is 38.9 Å². The third-order valence-electron chi connectivity index (χ3n) is 8.04. The topological polar surface area (TPSA) is 104 Å². The third-order valence-corrected chi connectivity index (χ3v) is 8.86. The van der Waals surface area contributed by atoms with Gasteiger partial charge in [-0.05, 0) is 75.9 Å². The van der Waals surface area contributed by atoms with Crippen molar-refractivity contribution in [3.63, 3.8) is 0 Å². The van der Waals surface area contributed by atoms with E-state index in [2.05, 4.69) is 11.4 Å². The molecule has 0 unspecified atom stereocenters. The number of hydrogen-bond acceptors (Lipinski definition) is 6. The molecule has 1 spiro atoms. The van der Waals surface area contributed by atoms with Crippen LogP contribution < -0.4 is 11.1 Å². The smallest absolute Gasteiger partial charge is 0.0934 e. The van der Waals surface area contributed by atoms with Crippen LogP contribution >= 0.6 is 23.2 Å². The Bertz CT molecular complexity index is 1330. The number of fused-ring (bicyclic) bond motifs is 1. The molecule has 2 aromatic carbocycles. The van der Waals surface area contributed by atoms with E-state index in [-0.39, 0.29) is 12.0 Å². The second-order valence-electron chi connectivity index (χ2n) is 10.7. The fourth-order valence-corrected chi connectivity index (χ4v) is 6.43. The number of rotatable bonds is 4. The minimum atomic E-state index is -1.02. The summed E-state index contributed by atoms with van der Waals surface area (Å²) < 4.78 is 0. The van der Waals surface area contributed by atoms with Crippen molar-refractivity contribution in [2.75, 3.05) is 13.1 Å². The molecule has 1 fully saturated rings. The van der Waals surface area contributed by atoms with Gasteiger partial charge in [0, 0.05) is 11.0 Å². The molecule has 2 aliphatic rings. The highest BCUT2D eigenvalue weighted by Crippen LogP contribution is 2.57. The Morgan fingerprint density at radius 3 is 2.50 bits per heavy atom. The van der Waals surface area contributed by atoms with Gasteiger partial charge in [0.25, 0.3) is 0 Å².